The topological polar surface area (TPSA) is 49.4 Å². The van der Waals surface area contributed by atoms with Crippen molar-refractivity contribution in [2.24, 2.45) is 0 Å². The maximum atomic E-state index is 14.3. The average molecular weight is 481 g/mol. The lowest BCUT2D eigenvalue weighted by atomic mass is 10.0. The SMILES string of the molecule is CCCCNC(=O)C(Cc1ccccc1)N(Cc1cccc(Cl)c1)C(=O)Cc1ccccc1F. The normalized spacial score (nSPS) is 11.6. The second-order valence-electron chi connectivity index (χ2n) is 8.27. The summed E-state index contributed by atoms with van der Waals surface area (Å²) in [6.07, 6.45) is 2.01. The monoisotopic (exact) mass is 480 g/mol. The first-order chi connectivity index (χ1) is 16.5. The average Bonchev–Trinajstić information content (AvgIpc) is 2.83. The van der Waals surface area contributed by atoms with E-state index in [0.29, 0.717) is 23.6 Å². The third kappa shape index (κ3) is 7.42. The van der Waals surface area contributed by atoms with E-state index in [-0.39, 0.29) is 24.8 Å². The Labute approximate surface area is 205 Å². The summed E-state index contributed by atoms with van der Waals surface area (Å²) >= 11 is 6.18. The van der Waals surface area contributed by atoms with Gasteiger partial charge in [0.25, 0.3) is 0 Å². The molecule has 3 aromatic rings. The minimum absolute atomic E-state index is 0.138. The molecule has 34 heavy (non-hydrogen) atoms. The van der Waals surface area contributed by atoms with E-state index in [9.17, 15) is 14.0 Å². The van der Waals surface area contributed by atoms with Gasteiger partial charge in [0.05, 0.1) is 6.42 Å². The van der Waals surface area contributed by atoms with Crippen LogP contribution in [-0.2, 0) is 29.0 Å². The minimum atomic E-state index is -0.752. The molecule has 0 saturated carbocycles. The van der Waals surface area contributed by atoms with Crippen LogP contribution in [0.5, 0.6) is 0 Å². The number of hydrogen-bond acceptors (Lipinski definition) is 2. The Bertz CT molecular complexity index is 1090. The lowest BCUT2D eigenvalue weighted by molar-refractivity contribution is -0.140. The fourth-order valence-corrected chi connectivity index (χ4v) is 4.01. The zero-order valence-electron chi connectivity index (χ0n) is 19.3. The predicted octanol–water partition coefficient (Wildman–Crippen LogP) is 5.58. The van der Waals surface area contributed by atoms with E-state index in [0.717, 1.165) is 24.0 Å². The molecule has 178 valence electrons. The van der Waals surface area contributed by atoms with Gasteiger partial charge >= 0.3 is 0 Å². The van der Waals surface area contributed by atoms with Crippen molar-refractivity contribution in [1.29, 1.82) is 0 Å². The Morgan fingerprint density at radius 3 is 2.38 bits per heavy atom. The van der Waals surface area contributed by atoms with Crippen molar-refractivity contribution in [1.82, 2.24) is 10.2 Å². The Morgan fingerprint density at radius 2 is 1.68 bits per heavy atom. The Kier molecular flexibility index (Phi) is 9.65. The maximum absolute atomic E-state index is 14.3. The summed E-state index contributed by atoms with van der Waals surface area (Å²) < 4.78 is 14.3. The van der Waals surface area contributed by atoms with Gasteiger partial charge in [0.1, 0.15) is 11.9 Å². The van der Waals surface area contributed by atoms with E-state index in [2.05, 4.69) is 12.2 Å². The number of amides is 2. The fraction of sp³-hybridized carbons (Fsp3) is 0.286. The molecule has 2 amide bonds. The van der Waals surface area contributed by atoms with Crippen LogP contribution in [0.3, 0.4) is 0 Å². The van der Waals surface area contributed by atoms with Gasteiger partial charge in [0.15, 0.2) is 0 Å². The number of nitrogens with zero attached hydrogens (tertiary/aromatic N) is 1. The lowest BCUT2D eigenvalue weighted by Gasteiger charge is -2.32. The largest absolute Gasteiger partial charge is 0.354 e. The third-order valence-corrected chi connectivity index (χ3v) is 5.88. The van der Waals surface area contributed by atoms with E-state index in [4.69, 9.17) is 11.6 Å². The van der Waals surface area contributed by atoms with Crippen molar-refractivity contribution in [3.8, 4) is 0 Å². The molecule has 0 aromatic heterocycles. The highest BCUT2D eigenvalue weighted by atomic mass is 35.5. The van der Waals surface area contributed by atoms with Crippen LogP contribution in [-0.4, -0.2) is 29.3 Å². The quantitative estimate of drug-likeness (QED) is 0.364. The number of benzene rings is 3. The van der Waals surface area contributed by atoms with E-state index in [1.54, 1.807) is 35.2 Å². The van der Waals surface area contributed by atoms with Crippen molar-refractivity contribution < 1.29 is 14.0 Å². The second-order valence-corrected chi connectivity index (χ2v) is 8.71. The molecule has 4 nitrogen and oxygen atoms in total. The molecule has 0 aliphatic rings. The molecule has 0 heterocycles. The molecule has 6 heteroatoms. The molecule has 3 rings (SSSR count). The molecule has 1 atom stereocenters. The van der Waals surface area contributed by atoms with Crippen LogP contribution in [0.15, 0.2) is 78.9 Å². The molecule has 0 saturated heterocycles. The molecular formula is C28H30ClFN2O2. The number of carbonyl (C=O) groups excluding carboxylic acids is 2. The summed E-state index contributed by atoms with van der Waals surface area (Å²) in [5.74, 6) is -0.983. The van der Waals surface area contributed by atoms with E-state index >= 15 is 0 Å². The van der Waals surface area contributed by atoms with E-state index in [1.807, 2.05) is 42.5 Å². The van der Waals surface area contributed by atoms with Crippen LogP contribution < -0.4 is 5.32 Å². The molecule has 0 radical (unpaired) electrons. The Morgan fingerprint density at radius 1 is 0.971 bits per heavy atom. The highest BCUT2D eigenvalue weighted by molar-refractivity contribution is 6.30. The highest BCUT2D eigenvalue weighted by Gasteiger charge is 2.30. The van der Waals surface area contributed by atoms with Gasteiger partial charge in [-0.05, 0) is 41.3 Å². The van der Waals surface area contributed by atoms with Gasteiger partial charge in [-0.2, -0.15) is 0 Å². The first-order valence-electron chi connectivity index (χ1n) is 11.6. The van der Waals surface area contributed by atoms with Gasteiger partial charge in [0.2, 0.25) is 11.8 Å². The minimum Gasteiger partial charge on any atom is -0.354 e. The molecular weight excluding hydrogens is 451 g/mol. The molecule has 0 bridgehead atoms. The van der Waals surface area contributed by atoms with Crippen molar-refractivity contribution in [2.45, 2.75) is 45.2 Å². The first kappa shape index (κ1) is 25.4. The zero-order chi connectivity index (χ0) is 24.3. The zero-order valence-corrected chi connectivity index (χ0v) is 20.1. The van der Waals surface area contributed by atoms with Gasteiger partial charge in [-0.25, -0.2) is 4.39 Å². The van der Waals surface area contributed by atoms with Gasteiger partial charge in [-0.1, -0.05) is 85.6 Å². The number of halogens is 2. The molecule has 0 spiro atoms. The van der Waals surface area contributed by atoms with Crippen molar-refractivity contribution >= 4 is 23.4 Å². The van der Waals surface area contributed by atoms with Crippen LogP contribution in [0.4, 0.5) is 4.39 Å². The summed E-state index contributed by atoms with van der Waals surface area (Å²) in [6, 6.07) is 22.3. The fourth-order valence-electron chi connectivity index (χ4n) is 3.80. The van der Waals surface area contributed by atoms with Crippen molar-refractivity contribution in [2.75, 3.05) is 6.54 Å². The van der Waals surface area contributed by atoms with Crippen molar-refractivity contribution in [3.63, 3.8) is 0 Å². The van der Waals surface area contributed by atoms with Gasteiger partial charge in [-0.3, -0.25) is 9.59 Å². The summed E-state index contributed by atoms with van der Waals surface area (Å²) in [4.78, 5) is 28.5. The summed E-state index contributed by atoms with van der Waals surface area (Å²) in [5.41, 5.74) is 2.04. The number of rotatable bonds is 11. The smallest absolute Gasteiger partial charge is 0.243 e. The third-order valence-electron chi connectivity index (χ3n) is 5.64. The molecule has 3 aromatic carbocycles. The van der Waals surface area contributed by atoms with Crippen LogP contribution in [0, 0.1) is 5.82 Å². The molecule has 0 fully saturated rings. The van der Waals surface area contributed by atoms with Gasteiger partial charge in [0, 0.05) is 24.5 Å². The maximum Gasteiger partial charge on any atom is 0.243 e. The summed E-state index contributed by atoms with van der Waals surface area (Å²) in [5, 5.41) is 3.53. The molecule has 0 aliphatic carbocycles. The van der Waals surface area contributed by atoms with Gasteiger partial charge < -0.3 is 10.2 Å². The number of nitrogens with one attached hydrogen (secondary N) is 1. The summed E-state index contributed by atoms with van der Waals surface area (Å²) in [7, 11) is 0. The number of unbranched alkanes of at least 4 members (excludes halogenated alkanes) is 1. The first-order valence-corrected chi connectivity index (χ1v) is 11.9. The van der Waals surface area contributed by atoms with Crippen LogP contribution in [0.25, 0.3) is 0 Å². The van der Waals surface area contributed by atoms with Crippen LogP contribution in [0.2, 0.25) is 5.02 Å². The van der Waals surface area contributed by atoms with Crippen LogP contribution >= 0.6 is 11.6 Å². The van der Waals surface area contributed by atoms with E-state index in [1.165, 1.54) is 6.07 Å². The van der Waals surface area contributed by atoms with Crippen LogP contribution in [0.1, 0.15) is 36.5 Å². The Hall–Kier alpha value is -3.18. The van der Waals surface area contributed by atoms with E-state index < -0.39 is 11.9 Å². The molecule has 0 aliphatic heterocycles. The second kappa shape index (κ2) is 12.9. The molecule has 1 unspecified atom stereocenters. The number of carbonyl (C=O) groups is 2. The number of hydrogen-bond donors (Lipinski definition) is 1. The lowest BCUT2D eigenvalue weighted by Crippen LogP contribution is -2.51. The predicted molar refractivity (Wildman–Crippen MR) is 134 cm³/mol. The summed E-state index contributed by atoms with van der Waals surface area (Å²) in [6.45, 7) is 2.77. The van der Waals surface area contributed by atoms with Crippen molar-refractivity contribution in [3.05, 3.63) is 106 Å². The standard InChI is InChI=1S/C28H30ClFN2O2/c1-2-3-16-31-28(34)26(18-21-10-5-4-6-11-21)32(20-22-12-9-14-24(29)17-22)27(33)19-23-13-7-8-15-25(23)30/h4-15,17,26H,2-3,16,18-20H2,1H3,(H,31,34). The highest BCUT2D eigenvalue weighted by Crippen LogP contribution is 2.19. The Balaban J connectivity index is 1.95. The van der Waals surface area contributed by atoms with Gasteiger partial charge in [-0.15, -0.1) is 0 Å². The molecule has 1 N–H and O–H groups in total.